The molecule has 4 nitrogen and oxygen atoms in total. The fraction of sp³-hybridized carbons (Fsp3) is 0.533. The molecule has 1 aromatic rings. The largest absolute Gasteiger partial charge is 0.385 e. The molecule has 0 saturated carbocycles. The van der Waals surface area contributed by atoms with E-state index in [0.29, 0.717) is 0 Å². The molecule has 4 heteroatoms. The maximum atomic E-state index is 11.0. The second-order valence-electron chi connectivity index (χ2n) is 5.09. The van der Waals surface area contributed by atoms with Crippen LogP contribution in [0.1, 0.15) is 26.2 Å². The van der Waals surface area contributed by atoms with Crippen LogP contribution in [0, 0.1) is 0 Å². The van der Waals surface area contributed by atoms with Crippen molar-refractivity contribution in [3.63, 3.8) is 0 Å². The van der Waals surface area contributed by atoms with Gasteiger partial charge < -0.3 is 15.5 Å². The lowest BCUT2D eigenvalue weighted by atomic mass is 10.2. The van der Waals surface area contributed by atoms with Gasteiger partial charge in [-0.3, -0.25) is 4.79 Å². The van der Waals surface area contributed by atoms with E-state index in [-0.39, 0.29) is 5.91 Å². The van der Waals surface area contributed by atoms with E-state index in [0.717, 1.165) is 24.3 Å². The predicted molar refractivity (Wildman–Crippen MR) is 79.5 cm³/mol. The lowest BCUT2D eigenvalue weighted by Crippen LogP contribution is -2.22. The van der Waals surface area contributed by atoms with Crippen LogP contribution in [0.3, 0.4) is 0 Å². The molecule has 0 radical (unpaired) electrons. The number of nitrogens with zero attached hydrogens (tertiary/aromatic N) is 1. The first-order valence-corrected chi connectivity index (χ1v) is 7.08. The Balaban J connectivity index is 1.71. The van der Waals surface area contributed by atoms with Gasteiger partial charge in [0, 0.05) is 24.8 Å². The molecule has 1 saturated heterocycles. The molecule has 1 amide bonds. The van der Waals surface area contributed by atoms with Crippen LogP contribution in [-0.2, 0) is 4.79 Å². The van der Waals surface area contributed by atoms with Crippen LogP contribution in [0.15, 0.2) is 24.3 Å². The number of carbonyl (C=O) groups excluding carboxylic acids is 1. The first-order chi connectivity index (χ1) is 9.24. The molecule has 1 fully saturated rings. The average Bonchev–Trinajstić information content (AvgIpc) is 2.87. The van der Waals surface area contributed by atoms with Gasteiger partial charge in [0.05, 0.1) is 0 Å². The van der Waals surface area contributed by atoms with Crippen molar-refractivity contribution in [1.82, 2.24) is 4.90 Å². The minimum Gasteiger partial charge on any atom is -0.385 e. The second kappa shape index (κ2) is 7.14. The molecule has 19 heavy (non-hydrogen) atoms. The fourth-order valence-electron chi connectivity index (χ4n) is 2.45. The third-order valence-electron chi connectivity index (χ3n) is 3.36. The zero-order valence-corrected chi connectivity index (χ0v) is 11.6. The Kier molecular flexibility index (Phi) is 5.21. The smallest absolute Gasteiger partial charge is 0.221 e. The maximum Gasteiger partial charge on any atom is 0.221 e. The first-order valence-electron chi connectivity index (χ1n) is 7.08. The summed E-state index contributed by atoms with van der Waals surface area (Å²) in [6.45, 7) is 6.20. The number of rotatable bonds is 6. The van der Waals surface area contributed by atoms with Crippen LogP contribution in [0.4, 0.5) is 11.4 Å². The predicted octanol–water partition coefficient (Wildman–Crippen LogP) is 2.54. The molecule has 2 N–H and O–H groups in total. The van der Waals surface area contributed by atoms with E-state index in [1.54, 1.807) is 0 Å². The average molecular weight is 261 g/mol. The van der Waals surface area contributed by atoms with Crippen LogP contribution >= 0.6 is 0 Å². The number of carbonyl (C=O) groups is 1. The van der Waals surface area contributed by atoms with Crippen molar-refractivity contribution in [2.45, 2.75) is 26.2 Å². The Bertz CT molecular complexity index is 414. The Labute approximate surface area is 115 Å². The lowest BCUT2D eigenvalue weighted by Gasteiger charge is -2.15. The van der Waals surface area contributed by atoms with Crippen molar-refractivity contribution in [3.8, 4) is 0 Å². The van der Waals surface area contributed by atoms with Gasteiger partial charge in [0.15, 0.2) is 0 Å². The van der Waals surface area contributed by atoms with Crippen LogP contribution in [-0.4, -0.2) is 37.0 Å². The van der Waals surface area contributed by atoms with E-state index in [1.807, 2.05) is 24.3 Å². The van der Waals surface area contributed by atoms with Gasteiger partial charge in [-0.1, -0.05) is 6.07 Å². The number of likely N-dealkylation sites (tertiary alicyclic amines) is 1. The normalized spacial score (nSPS) is 15.4. The molecular formula is C15H23N3O. The van der Waals surface area contributed by atoms with E-state index in [9.17, 15) is 4.79 Å². The van der Waals surface area contributed by atoms with Crippen molar-refractivity contribution >= 4 is 17.3 Å². The molecule has 0 aliphatic carbocycles. The summed E-state index contributed by atoms with van der Waals surface area (Å²) in [6.07, 6.45) is 3.86. The summed E-state index contributed by atoms with van der Waals surface area (Å²) in [5.41, 5.74) is 1.91. The summed E-state index contributed by atoms with van der Waals surface area (Å²) >= 11 is 0. The maximum absolute atomic E-state index is 11.0. The minimum atomic E-state index is -0.0359. The van der Waals surface area contributed by atoms with Crippen molar-refractivity contribution in [2.75, 3.05) is 36.8 Å². The molecule has 1 heterocycles. The van der Waals surface area contributed by atoms with Gasteiger partial charge in [-0.25, -0.2) is 0 Å². The minimum absolute atomic E-state index is 0.0359. The molecule has 1 aliphatic rings. The Hall–Kier alpha value is -1.55. The molecular weight excluding hydrogens is 238 g/mol. The molecule has 0 aromatic heterocycles. The zero-order valence-electron chi connectivity index (χ0n) is 11.6. The van der Waals surface area contributed by atoms with Gasteiger partial charge in [-0.15, -0.1) is 0 Å². The summed E-state index contributed by atoms with van der Waals surface area (Å²) in [4.78, 5) is 13.5. The van der Waals surface area contributed by atoms with Gasteiger partial charge in [0.25, 0.3) is 0 Å². The fourth-order valence-corrected chi connectivity index (χ4v) is 2.45. The van der Waals surface area contributed by atoms with Gasteiger partial charge in [0.1, 0.15) is 0 Å². The SMILES string of the molecule is CC(=O)Nc1cccc(NCCCN2CCCC2)c1. The number of nitrogens with one attached hydrogen (secondary N) is 2. The highest BCUT2D eigenvalue weighted by molar-refractivity contribution is 5.89. The third-order valence-corrected chi connectivity index (χ3v) is 3.36. The number of anilines is 2. The van der Waals surface area contributed by atoms with Crippen molar-refractivity contribution in [1.29, 1.82) is 0 Å². The van der Waals surface area contributed by atoms with Crippen molar-refractivity contribution in [2.24, 2.45) is 0 Å². The molecule has 0 bridgehead atoms. The Morgan fingerprint density at radius 3 is 2.74 bits per heavy atom. The number of amides is 1. The van der Waals surface area contributed by atoms with E-state index in [1.165, 1.54) is 39.4 Å². The topological polar surface area (TPSA) is 44.4 Å². The van der Waals surface area contributed by atoms with Gasteiger partial charge >= 0.3 is 0 Å². The van der Waals surface area contributed by atoms with Crippen LogP contribution in [0.2, 0.25) is 0 Å². The summed E-state index contributed by atoms with van der Waals surface area (Å²) < 4.78 is 0. The quantitative estimate of drug-likeness (QED) is 0.773. The highest BCUT2D eigenvalue weighted by Gasteiger charge is 2.09. The Morgan fingerprint density at radius 1 is 1.26 bits per heavy atom. The molecule has 1 aliphatic heterocycles. The van der Waals surface area contributed by atoms with Gasteiger partial charge in [-0.2, -0.15) is 0 Å². The van der Waals surface area contributed by atoms with E-state index >= 15 is 0 Å². The molecule has 0 atom stereocenters. The summed E-state index contributed by atoms with van der Waals surface area (Å²) in [7, 11) is 0. The zero-order chi connectivity index (χ0) is 13.5. The molecule has 104 valence electrons. The third kappa shape index (κ3) is 4.91. The van der Waals surface area contributed by atoms with Gasteiger partial charge in [0.2, 0.25) is 5.91 Å². The molecule has 2 rings (SSSR count). The monoisotopic (exact) mass is 261 g/mol. The van der Waals surface area contributed by atoms with E-state index in [4.69, 9.17) is 0 Å². The van der Waals surface area contributed by atoms with Crippen LogP contribution in [0.25, 0.3) is 0 Å². The molecule has 0 unspecified atom stereocenters. The Morgan fingerprint density at radius 2 is 2.00 bits per heavy atom. The lowest BCUT2D eigenvalue weighted by molar-refractivity contribution is -0.114. The first kappa shape index (κ1) is 13.9. The van der Waals surface area contributed by atoms with E-state index in [2.05, 4.69) is 15.5 Å². The van der Waals surface area contributed by atoms with E-state index < -0.39 is 0 Å². The van der Waals surface area contributed by atoms with Crippen LogP contribution < -0.4 is 10.6 Å². The molecule has 0 spiro atoms. The summed E-state index contributed by atoms with van der Waals surface area (Å²) in [5.74, 6) is -0.0359. The van der Waals surface area contributed by atoms with Crippen molar-refractivity contribution in [3.05, 3.63) is 24.3 Å². The van der Waals surface area contributed by atoms with Crippen molar-refractivity contribution < 1.29 is 4.79 Å². The molecule has 1 aromatic carbocycles. The summed E-state index contributed by atoms with van der Waals surface area (Å²) in [6, 6.07) is 7.85. The number of benzene rings is 1. The summed E-state index contributed by atoms with van der Waals surface area (Å²) in [5, 5.41) is 6.20. The highest BCUT2D eigenvalue weighted by Crippen LogP contribution is 2.15. The standard InChI is InChI=1S/C15H23N3O/c1-13(19)17-15-7-4-6-14(12-15)16-8-5-11-18-9-2-3-10-18/h4,6-7,12,16H,2-3,5,8-11H2,1H3,(H,17,19). The van der Waals surface area contributed by atoms with Crippen LogP contribution in [0.5, 0.6) is 0 Å². The van der Waals surface area contributed by atoms with Gasteiger partial charge in [-0.05, 0) is 57.1 Å². The number of hydrogen-bond donors (Lipinski definition) is 2. The number of hydrogen-bond acceptors (Lipinski definition) is 3. The second-order valence-corrected chi connectivity index (χ2v) is 5.09. The highest BCUT2D eigenvalue weighted by atomic mass is 16.1.